The lowest BCUT2D eigenvalue weighted by molar-refractivity contribution is -0.0359. The van der Waals surface area contributed by atoms with Crippen LogP contribution in [0.5, 0.6) is 0 Å². The highest BCUT2D eigenvalue weighted by Crippen LogP contribution is 2.17. The Bertz CT molecular complexity index is 174. The summed E-state index contributed by atoms with van der Waals surface area (Å²) in [6, 6.07) is 0. The van der Waals surface area contributed by atoms with E-state index in [4.69, 9.17) is 4.74 Å². The van der Waals surface area contributed by atoms with Crippen LogP contribution in [-0.2, 0) is 4.74 Å². The highest BCUT2D eigenvalue weighted by atomic mass is 16.5. The first-order valence-electron chi connectivity index (χ1n) is 6.99. The third-order valence-corrected chi connectivity index (χ3v) is 3.56. The summed E-state index contributed by atoms with van der Waals surface area (Å²) in [6.07, 6.45) is 5.87. The Morgan fingerprint density at radius 1 is 1.19 bits per heavy atom. The van der Waals surface area contributed by atoms with Gasteiger partial charge in [0.2, 0.25) is 0 Å². The Kier molecular flexibility index (Phi) is 6.37. The van der Waals surface area contributed by atoms with Crippen molar-refractivity contribution in [2.24, 2.45) is 5.92 Å². The van der Waals surface area contributed by atoms with Gasteiger partial charge in [0.15, 0.2) is 0 Å². The summed E-state index contributed by atoms with van der Waals surface area (Å²) in [5.41, 5.74) is 0. The first-order valence-corrected chi connectivity index (χ1v) is 6.99. The van der Waals surface area contributed by atoms with E-state index in [1.54, 1.807) is 0 Å². The van der Waals surface area contributed by atoms with Crippen LogP contribution in [0.15, 0.2) is 0 Å². The molecule has 0 bridgehead atoms. The van der Waals surface area contributed by atoms with E-state index in [2.05, 4.69) is 32.6 Å². The van der Waals surface area contributed by atoms with Crippen LogP contribution in [0.4, 0.5) is 0 Å². The van der Waals surface area contributed by atoms with E-state index in [0.717, 1.165) is 12.3 Å². The standard InChI is InChI=1S/C14H29NO/c1-5-13(4)16-14-7-10-15(11-8-14)9-6-12(2)3/h12-14H,5-11H2,1-4H3. The maximum absolute atomic E-state index is 5.99. The molecule has 2 nitrogen and oxygen atoms in total. The number of ether oxygens (including phenoxy) is 1. The molecule has 0 spiro atoms. The molecular formula is C14H29NO. The highest BCUT2D eigenvalue weighted by Gasteiger charge is 2.20. The maximum atomic E-state index is 5.99. The van der Waals surface area contributed by atoms with Gasteiger partial charge >= 0.3 is 0 Å². The average molecular weight is 227 g/mol. The highest BCUT2D eigenvalue weighted by molar-refractivity contribution is 4.73. The molecule has 0 saturated carbocycles. The van der Waals surface area contributed by atoms with Gasteiger partial charge in [-0.15, -0.1) is 0 Å². The molecule has 16 heavy (non-hydrogen) atoms. The van der Waals surface area contributed by atoms with E-state index in [-0.39, 0.29) is 0 Å². The van der Waals surface area contributed by atoms with Crippen LogP contribution >= 0.6 is 0 Å². The smallest absolute Gasteiger partial charge is 0.0603 e. The first-order chi connectivity index (χ1) is 7.61. The lowest BCUT2D eigenvalue weighted by Gasteiger charge is -2.33. The van der Waals surface area contributed by atoms with Crippen molar-refractivity contribution in [1.82, 2.24) is 4.90 Å². The monoisotopic (exact) mass is 227 g/mol. The predicted molar refractivity (Wildman–Crippen MR) is 69.8 cm³/mol. The second-order valence-corrected chi connectivity index (χ2v) is 5.58. The second-order valence-electron chi connectivity index (χ2n) is 5.58. The van der Waals surface area contributed by atoms with Gasteiger partial charge in [0, 0.05) is 13.1 Å². The van der Waals surface area contributed by atoms with E-state index >= 15 is 0 Å². The summed E-state index contributed by atoms with van der Waals surface area (Å²) in [7, 11) is 0. The molecule has 1 atom stereocenters. The number of rotatable bonds is 6. The van der Waals surface area contributed by atoms with E-state index in [9.17, 15) is 0 Å². The SMILES string of the molecule is CCC(C)OC1CCN(CCC(C)C)CC1. The fourth-order valence-electron chi connectivity index (χ4n) is 2.13. The van der Waals surface area contributed by atoms with Crippen molar-refractivity contribution in [3.63, 3.8) is 0 Å². The minimum absolute atomic E-state index is 0.437. The molecule has 1 fully saturated rings. The summed E-state index contributed by atoms with van der Waals surface area (Å²) < 4.78 is 5.99. The van der Waals surface area contributed by atoms with Crippen molar-refractivity contribution in [3.05, 3.63) is 0 Å². The second kappa shape index (κ2) is 7.29. The molecule has 1 aliphatic rings. The molecule has 1 unspecified atom stereocenters. The van der Waals surface area contributed by atoms with Crippen molar-refractivity contribution in [2.75, 3.05) is 19.6 Å². The van der Waals surface area contributed by atoms with Crippen LogP contribution in [0.25, 0.3) is 0 Å². The van der Waals surface area contributed by atoms with Crippen molar-refractivity contribution >= 4 is 0 Å². The van der Waals surface area contributed by atoms with Gasteiger partial charge in [-0.25, -0.2) is 0 Å². The predicted octanol–water partition coefficient (Wildman–Crippen LogP) is 3.31. The zero-order valence-corrected chi connectivity index (χ0v) is 11.5. The molecule has 1 saturated heterocycles. The van der Waals surface area contributed by atoms with Gasteiger partial charge in [-0.1, -0.05) is 20.8 Å². The number of nitrogens with zero attached hydrogens (tertiary/aromatic N) is 1. The lowest BCUT2D eigenvalue weighted by atomic mass is 10.1. The molecular weight excluding hydrogens is 198 g/mol. The molecule has 0 aromatic carbocycles. The minimum Gasteiger partial charge on any atom is -0.375 e. The molecule has 2 heteroatoms. The maximum Gasteiger partial charge on any atom is 0.0603 e. The molecule has 1 aliphatic heterocycles. The van der Waals surface area contributed by atoms with E-state index in [1.807, 2.05) is 0 Å². The fraction of sp³-hybridized carbons (Fsp3) is 1.00. The zero-order valence-electron chi connectivity index (χ0n) is 11.5. The van der Waals surface area contributed by atoms with Gasteiger partial charge in [-0.3, -0.25) is 0 Å². The van der Waals surface area contributed by atoms with Crippen molar-refractivity contribution in [1.29, 1.82) is 0 Å². The molecule has 0 aromatic rings. The van der Waals surface area contributed by atoms with E-state index < -0.39 is 0 Å². The average Bonchev–Trinajstić information content (AvgIpc) is 2.28. The summed E-state index contributed by atoms with van der Waals surface area (Å²) in [4.78, 5) is 2.59. The third-order valence-electron chi connectivity index (χ3n) is 3.56. The summed E-state index contributed by atoms with van der Waals surface area (Å²) >= 11 is 0. The Hall–Kier alpha value is -0.0800. The largest absolute Gasteiger partial charge is 0.375 e. The minimum atomic E-state index is 0.437. The Labute approximate surface area is 101 Å². The van der Waals surface area contributed by atoms with Gasteiger partial charge in [0.25, 0.3) is 0 Å². The molecule has 0 N–H and O–H groups in total. The van der Waals surface area contributed by atoms with E-state index in [1.165, 1.54) is 38.9 Å². The van der Waals surface area contributed by atoms with E-state index in [0.29, 0.717) is 12.2 Å². The fourth-order valence-corrected chi connectivity index (χ4v) is 2.13. The third kappa shape index (κ3) is 5.31. The normalized spacial score (nSPS) is 21.6. The summed E-state index contributed by atoms with van der Waals surface area (Å²) in [5, 5.41) is 0. The first kappa shape index (κ1) is 14.0. The molecule has 0 radical (unpaired) electrons. The van der Waals surface area contributed by atoms with Crippen molar-refractivity contribution in [2.45, 2.75) is 65.6 Å². The number of hydrogen-bond acceptors (Lipinski definition) is 2. The van der Waals surface area contributed by atoms with Gasteiger partial charge in [0.1, 0.15) is 0 Å². The Morgan fingerprint density at radius 2 is 1.81 bits per heavy atom. The summed E-state index contributed by atoms with van der Waals surface area (Å²) in [6.45, 7) is 12.7. The van der Waals surface area contributed by atoms with Crippen LogP contribution in [0.1, 0.15) is 53.4 Å². The molecule has 0 aromatic heterocycles. The topological polar surface area (TPSA) is 12.5 Å². The van der Waals surface area contributed by atoms with Crippen LogP contribution in [0, 0.1) is 5.92 Å². The van der Waals surface area contributed by atoms with Crippen molar-refractivity contribution < 1.29 is 4.74 Å². The number of piperidine rings is 1. The van der Waals surface area contributed by atoms with Gasteiger partial charge in [0.05, 0.1) is 12.2 Å². The molecule has 1 rings (SSSR count). The van der Waals surface area contributed by atoms with Crippen molar-refractivity contribution in [3.8, 4) is 0 Å². The molecule has 0 amide bonds. The molecule has 96 valence electrons. The Morgan fingerprint density at radius 3 is 2.31 bits per heavy atom. The van der Waals surface area contributed by atoms with Crippen LogP contribution in [0.3, 0.4) is 0 Å². The van der Waals surface area contributed by atoms with Gasteiger partial charge < -0.3 is 9.64 Å². The van der Waals surface area contributed by atoms with Crippen LogP contribution in [-0.4, -0.2) is 36.7 Å². The van der Waals surface area contributed by atoms with Crippen LogP contribution in [0.2, 0.25) is 0 Å². The quantitative estimate of drug-likeness (QED) is 0.690. The van der Waals surface area contributed by atoms with Crippen LogP contribution < -0.4 is 0 Å². The lowest BCUT2D eigenvalue weighted by Crippen LogP contribution is -2.38. The molecule has 1 heterocycles. The number of hydrogen-bond donors (Lipinski definition) is 0. The van der Waals surface area contributed by atoms with Gasteiger partial charge in [-0.2, -0.15) is 0 Å². The number of likely N-dealkylation sites (tertiary alicyclic amines) is 1. The van der Waals surface area contributed by atoms with Gasteiger partial charge in [-0.05, 0) is 45.1 Å². The zero-order chi connectivity index (χ0) is 12.0. The summed E-state index contributed by atoms with van der Waals surface area (Å²) in [5.74, 6) is 0.828. The molecule has 0 aliphatic carbocycles. The Balaban J connectivity index is 2.13.